The predicted octanol–water partition coefficient (Wildman–Crippen LogP) is 5.64. The van der Waals surface area contributed by atoms with E-state index >= 15 is 0 Å². The highest BCUT2D eigenvalue weighted by Crippen LogP contribution is 2.41. The van der Waals surface area contributed by atoms with Crippen molar-refractivity contribution in [2.75, 3.05) is 18.4 Å². The van der Waals surface area contributed by atoms with Crippen LogP contribution in [0.15, 0.2) is 60.8 Å². The number of nitrogens with one attached hydrogen (secondary N) is 1. The summed E-state index contributed by atoms with van der Waals surface area (Å²) in [5, 5.41) is 3.51. The molecule has 0 radical (unpaired) electrons. The van der Waals surface area contributed by atoms with Gasteiger partial charge in [-0.2, -0.15) is 0 Å². The number of amides is 1. The molecule has 0 saturated carbocycles. The molecule has 1 unspecified atom stereocenters. The summed E-state index contributed by atoms with van der Waals surface area (Å²) in [6, 6.07) is 19.5. The number of likely N-dealkylation sites (tertiary alicyclic amines) is 1. The number of benzene rings is 2. The first-order valence-electron chi connectivity index (χ1n) is 12.1. The first-order chi connectivity index (χ1) is 16.4. The highest BCUT2D eigenvalue weighted by Gasteiger charge is 2.29. The van der Waals surface area contributed by atoms with Crippen molar-refractivity contribution in [1.82, 2.24) is 14.9 Å². The molecule has 1 atom stereocenters. The number of hydrogen-bond acceptors (Lipinski definition) is 5. The van der Waals surface area contributed by atoms with Gasteiger partial charge in [-0.1, -0.05) is 54.6 Å². The van der Waals surface area contributed by atoms with Crippen LogP contribution in [-0.2, 0) is 11.2 Å². The lowest BCUT2D eigenvalue weighted by Gasteiger charge is -2.34. The third-order valence-corrected chi connectivity index (χ3v) is 6.56. The van der Waals surface area contributed by atoms with E-state index in [1.165, 1.54) is 22.3 Å². The Balaban J connectivity index is 1.30. The van der Waals surface area contributed by atoms with Gasteiger partial charge in [0.15, 0.2) is 0 Å². The second-order valence-corrected chi connectivity index (χ2v) is 10.2. The summed E-state index contributed by atoms with van der Waals surface area (Å²) in [7, 11) is 0. The van der Waals surface area contributed by atoms with Crippen molar-refractivity contribution in [1.29, 1.82) is 0 Å². The quantitative estimate of drug-likeness (QED) is 0.552. The van der Waals surface area contributed by atoms with E-state index in [0.29, 0.717) is 25.0 Å². The van der Waals surface area contributed by atoms with Gasteiger partial charge in [0.25, 0.3) is 0 Å². The number of carbonyl (C=O) groups is 1. The molecule has 1 saturated heterocycles. The predicted molar refractivity (Wildman–Crippen MR) is 134 cm³/mol. The lowest BCUT2D eigenvalue weighted by molar-refractivity contribution is 0.0210. The molecule has 1 amide bonds. The fourth-order valence-electron chi connectivity index (χ4n) is 4.90. The summed E-state index contributed by atoms with van der Waals surface area (Å²) in [6.07, 6.45) is 4.32. The topological polar surface area (TPSA) is 67.3 Å². The average molecular weight is 457 g/mol. The second-order valence-electron chi connectivity index (χ2n) is 10.2. The molecular weight excluding hydrogens is 424 g/mol. The molecule has 1 aliphatic heterocycles. The smallest absolute Gasteiger partial charge is 0.410 e. The normalized spacial score (nSPS) is 18.1. The minimum absolute atomic E-state index is 0.229. The van der Waals surface area contributed by atoms with Crippen LogP contribution < -0.4 is 5.32 Å². The fourth-order valence-corrected chi connectivity index (χ4v) is 4.90. The van der Waals surface area contributed by atoms with Gasteiger partial charge in [0.2, 0.25) is 5.95 Å². The van der Waals surface area contributed by atoms with E-state index in [1.54, 1.807) is 4.90 Å². The summed E-state index contributed by atoms with van der Waals surface area (Å²) >= 11 is 0. The van der Waals surface area contributed by atoms with Gasteiger partial charge in [-0.25, -0.2) is 14.8 Å². The van der Waals surface area contributed by atoms with Gasteiger partial charge >= 0.3 is 6.09 Å². The summed E-state index contributed by atoms with van der Waals surface area (Å²) < 4.78 is 5.51. The summed E-state index contributed by atoms with van der Waals surface area (Å²) in [6.45, 7) is 7.02. The first kappa shape index (κ1) is 22.4. The Labute approximate surface area is 201 Å². The van der Waals surface area contributed by atoms with Crippen molar-refractivity contribution in [3.8, 4) is 11.3 Å². The van der Waals surface area contributed by atoms with E-state index < -0.39 is 5.60 Å². The highest BCUT2D eigenvalue weighted by atomic mass is 16.6. The van der Waals surface area contributed by atoms with Crippen molar-refractivity contribution in [2.24, 2.45) is 0 Å². The lowest BCUT2D eigenvalue weighted by Crippen LogP contribution is -2.44. The number of nitrogens with zero attached hydrogens (tertiary/aromatic N) is 3. The SMILES string of the molecule is CC(C)(C)OC(=O)N1CCC(Nc2ncc3c(n2)-c2ccccc2C(c2ccccc2)C3)CC1. The molecule has 2 aromatic carbocycles. The van der Waals surface area contributed by atoms with Gasteiger partial charge < -0.3 is 15.0 Å². The molecule has 176 valence electrons. The minimum atomic E-state index is -0.473. The van der Waals surface area contributed by atoms with Crippen LogP contribution in [0.2, 0.25) is 0 Å². The molecule has 1 fully saturated rings. The number of fused-ring (bicyclic) bond motifs is 3. The molecule has 6 heteroatoms. The van der Waals surface area contributed by atoms with E-state index in [1.807, 2.05) is 27.0 Å². The standard InChI is InChI=1S/C28H32N4O2/c1-28(2,3)34-27(33)32-15-13-21(14-16-32)30-26-29-18-20-17-24(19-9-5-4-6-10-19)22-11-7-8-12-23(22)25(20)31-26/h4-12,18,21,24H,13-17H2,1-3H3,(H,29,30,31). The molecule has 1 N–H and O–H groups in total. The second kappa shape index (κ2) is 9.09. The number of carbonyl (C=O) groups excluding carboxylic acids is 1. The van der Waals surface area contributed by atoms with Crippen LogP contribution in [0.3, 0.4) is 0 Å². The third-order valence-electron chi connectivity index (χ3n) is 6.56. The van der Waals surface area contributed by atoms with E-state index in [-0.39, 0.29) is 12.1 Å². The minimum Gasteiger partial charge on any atom is -0.444 e. The maximum atomic E-state index is 12.3. The Morgan fingerprint density at radius 1 is 1.03 bits per heavy atom. The van der Waals surface area contributed by atoms with E-state index in [9.17, 15) is 4.79 Å². The van der Waals surface area contributed by atoms with Crippen molar-refractivity contribution < 1.29 is 9.53 Å². The van der Waals surface area contributed by atoms with Crippen molar-refractivity contribution in [3.05, 3.63) is 77.5 Å². The third kappa shape index (κ3) is 4.76. The van der Waals surface area contributed by atoms with Crippen molar-refractivity contribution in [3.63, 3.8) is 0 Å². The molecule has 1 aliphatic carbocycles. The maximum Gasteiger partial charge on any atom is 0.410 e. The number of ether oxygens (including phenoxy) is 1. The molecule has 2 heterocycles. The molecule has 5 rings (SSSR count). The molecular formula is C28H32N4O2. The Bertz CT molecular complexity index is 1160. The van der Waals surface area contributed by atoms with Crippen LogP contribution in [0.5, 0.6) is 0 Å². The van der Waals surface area contributed by atoms with Crippen LogP contribution >= 0.6 is 0 Å². The number of hydrogen-bond donors (Lipinski definition) is 1. The average Bonchev–Trinajstić information content (AvgIpc) is 2.83. The first-order valence-corrected chi connectivity index (χ1v) is 12.1. The van der Waals surface area contributed by atoms with Gasteiger partial charge in [-0.05, 0) is 56.7 Å². The molecule has 1 aromatic heterocycles. The zero-order valence-corrected chi connectivity index (χ0v) is 20.1. The zero-order valence-electron chi connectivity index (χ0n) is 20.1. The van der Waals surface area contributed by atoms with Crippen LogP contribution in [0, 0.1) is 0 Å². The van der Waals surface area contributed by atoms with Crippen LogP contribution in [0.25, 0.3) is 11.3 Å². The van der Waals surface area contributed by atoms with Crippen LogP contribution in [-0.4, -0.2) is 45.7 Å². The number of aromatic nitrogens is 2. The van der Waals surface area contributed by atoms with Gasteiger partial charge in [0, 0.05) is 36.8 Å². The van der Waals surface area contributed by atoms with Gasteiger partial charge in [0.05, 0.1) is 5.69 Å². The molecule has 2 aliphatic rings. The van der Waals surface area contributed by atoms with E-state index in [4.69, 9.17) is 9.72 Å². The zero-order chi connectivity index (χ0) is 23.7. The lowest BCUT2D eigenvalue weighted by atomic mass is 9.78. The Morgan fingerprint density at radius 2 is 1.74 bits per heavy atom. The molecule has 3 aromatic rings. The molecule has 0 spiro atoms. The summed E-state index contributed by atoms with van der Waals surface area (Å²) in [5.74, 6) is 0.965. The monoisotopic (exact) mass is 456 g/mol. The largest absolute Gasteiger partial charge is 0.444 e. The Morgan fingerprint density at radius 3 is 2.47 bits per heavy atom. The Hall–Kier alpha value is -3.41. The molecule has 0 bridgehead atoms. The highest BCUT2D eigenvalue weighted by molar-refractivity contribution is 5.72. The molecule has 6 nitrogen and oxygen atoms in total. The maximum absolute atomic E-state index is 12.3. The fraction of sp³-hybridized carbons (Fsp3) is 0.393. The summed E-state index contributed by atoms with van der Waals surface area (Å²) in [5.41, 5.74) is 5.54. The number of anilines is 1. The Kier molecular flexibility index (Phi) is 5.98. The van der Waals surface area contributed by atoms with E-state index in [2.05, 4.69) is 64.9 Å². The van der Waals surface area contributed by atoms with Crippen molar-refractivity contribution in [2.45, 2.75) is 57.6 Å². The molecule has 34 heavy (non-hydrogen) atoms. The van der Waals surface area contributed by atoms with Crippen LogP contribution in [0.4, 0.5) is 10.7 Å². The van der Waals surface area contributed by atoms with Crippen molar-refractivity contribution >= 4 is 12.0 Å². The van der Waals surface area contributed by atoms with Gasteiger partial charge in [-0.15, -0.1) is 0 Å². The van der Waals surface area contributed by atoms with Gasteiger partial charge in [-0.3, -0.25) is 0 Å². The van der Waals surface area contributed by atoms with Crippen LogP contribution in [0.1, 0.15) is 56.2 Å². The number of piperidine rings is 1. The number of rotatable bonds is 3. The van der Waals surface area contributed by atoms with E-state index in [0.717, 1.165) is 25.0 Å². The summed E-state index contributed by atoms with van der Waals surface area (Å²) in [4.78, 5) is 23.7. The van der Waals surface area contributed by atoms with Gasteiger partial charge in [0.1, 0.15) is 5.60 Å².